The van der Waals surface area contributed by atoms with Gasteiger partial charge in [0.25, 0.3) is 0 Å². The van der Waals surface area contributed by atoms with Crippen molar-refractivity contribution in [3.05, 3.63) is 59.2 Å². The van der Waals surface area contributed by atoms with Gasteiger partial charge in [0.05, 0.1) is 23.8 Å². The predicted molar refractivity (Wildman–Crippen MR) is 94.0 cm³/mol. The van der Waals surface area contributed by atoms with Crippen LogP contribution in [0.25, 0.3) is 11.4 Å². The van der Waals surface area contributed by atoms with Gasteiger partial charge in [0.2, 0.25) is 0 Å². The first-order valence-electron chi connectivity index (χ1n) is 9.12. The number of hydrogen-bond acceptors (Lipinski definition) is 2. The Bertz CT molecular complexity index is 817. The van der Waals surface area contributed by atoms with E-state index in [2.05, 4.69) is 56.2 Å². The molecule has 0 saturated carbocycles. The highest BCUT2D eigenvalue weighted by molar-refractivity contribution is 5.46. The Balaban J connectivity index is 1.58. The van der Waals surface area contributed by atoms with Crippen molar-refractivity contribution in [2.24, 2.45) is 0 Å². The summed E-state index contributed by atoms with van der Waals surface area (Å²) in [7, 11) is 0. The number of nitrogens with zero attached hydrogens (tertiary/aromatic N) is 4. The molecule has 0 saturated heterocycles. The Hall–Kier alpha value is -2.36. The van der Waals surface area contributed by atoms with Crippen molar-refractivity contribution in [3.8, 4) is 11.4 Å². The summed E-state index contributed by atoms with van der Waals surface area (Å²) in [4.78, 5) is 0. The Morgan fingerprint density at radius 3 is 1.71 bits per heavy atom. The second-order valence-electron chi connectivity index (χ2n) is 6.99. The molecule has 2 aliphatic carbocycles. The first-order chi connectivity index (χ1) is 11.9. The third kappa shape index (κ3) is 2.20. The lowest BCUT2D eigenvalue weighted by Crippen LogP contribution is -2.10. The molecule has 1 aromatic carbocycles. The number of hydrogen-bond donors (Lipinski definition) is 0. The second-order valence-corrected chi connectivity index (χ2v) is 6.99. The summed E-state index contributed by atoms with van der Waals surface area (Å²) >= 11 is 0. The predicted octanol–water partition coefficient (Wildman–Crippen LogP) is 3.82. The minimum Gasteiger partial charge on any atom is -0.237 e. The topological polar surface area (TPSA) is 35.6 Å². The normalized spacial score (nSPS) is 16.7. The van der Waals surface area contributed by atoms with Gasteiger partial charge in [-0.3, -0.25) is 0 Å². The van der Waals surface area contributed by atoms with E-state index in [1.807, 2.05) is 0 Å². The number of fused-ring (bicyclic) bond motifs is 2. The molecule has 0 amide bonds. The second kappa shape index (κ2) is 5.62. The molecule has 0 atom stereocenters. The van der Waals surface area contributed by atoms with Gasteiger partial charge in [-0.05, 0) is 80.7 Å². The van der Waals surface area contributed by atoms with E-state index >= 15 is 0 Å². The number of aryl methyl sites for hydroxylation is 2. The van der Waals surface area contributed by atoms with Gasteiger partial charge in [-0.15, -0.1) is 0 Å². The third-order valence-electron chi connectivity index (χ3n) is 5.45. The van der Waals surface area contributed by atoms with Crippen molar-refractivity contribution in [1.29, 1.82) is 0 Å². The van der Waals surface area contributed by atoms with Crippen LogP contribution in [0.4, 0.5) is 0 Å². The number of aromatic nitrogens is 4. The van der Waals surface area contributed by atoms with E-state index in [0.717, 1.165) is 24.2 Å². The van der Waals surface area contributed by atoms with Gasteiger partial charge in [0.1, 0.15) is 0 Å². The van der Waals surface area contributed by atoms with Gasteiger partial charge in [-0.2, -0.15) is 10.2 Å². The summed E-state index contributed by atoms with van der Waals surface area (Å²) in [5, 5.41) is 9.33. The van der Waals surface area contributed by atoms with E-state index in [0.29, 0.717) is 0 Å². The minimum absolute atomic E-state index is 1.14. The Morgan fingerprint density at radius 2 is 1.17 bits per heavy atom. The molecule has 2 aliphatic rings. The fourth-order valence-corrected chi connectivity index (χ4v) is 4.18. The van der Waals surface area contributed by atoms with Crippen LogP contribution in [0, 0.1) is 0 Å². The van der Waals surface area contributed by atoms with Gasteiger partial charge < -0.3 is 0 Å². The van der Waals surface area contributed by atoms with Gasteiger partial charge in [-0.1, -0.05) is 6.07 Å². The van der Waals surface area contributed by atoms with Crippen molar-refractivity contribution >= 4 is 0 Å². The molecule has 3 aromatic rings. The monoisotopic (exact) mass is 318 g/mol. The third-order valence-corrected chi connectivity index (χ3v) is 5.45. The van der Waals surface area contributed by atoms with Crippen LogP contribution < -0.4 is 0 Å². The largest absolute Gasteiger partial charge is 0.237 e. The van der Waals surface area contributed by atoms with E-state index in [9.17, 15) is 0 Å². The van der Waals surface area contributed by atoms with E-state index in [1.165, 1.54) is 61.0 Å². The van der Waals surface area contributed by atoms with Crippen LogP contribution in [0.1, 0.15) is 48.2 Å². The zero-order chi connectivity index (χ0) is 15.9. The molecule has 0 bridgehead atoms. The molecule has 0 radical (unpaired) electrons. The average Bonchev–Trinajstić information content (AvgIpc) is 3.26. The van der Waals surface area contributed by atoms with E-state index in [-0.39, 0.29) is 0 Å². The molecular weight excluding hydrogens is 296 g/mol. The fraction of sp³-hybridized carbons (Fsp3) is 0.400. The lowest BCUT2D eigenvalue weighted by molar-refractivity contribution is 0.649. The molecule has 4 heteroatoms. The summed E-state index contributed by atoms with van der Waals surface area (Å²) in [5.41, 5.74) is 7.92. The van der Waals surface area contributed by atoms with Crippen LogP contribution in [-0.2, 0) is 25.7 Å². The van der Waals surface area contributed by atoms with Crippen LogP contribution in [0.3, 0.4) is 0 Å². The van der Waals surface area contributed by atoms with Crippen molar-refractivity contribution in [2.75, 3.05) is 0 Å². The van der Waals surface area contributed by atoms with Gasteiger partial charge in [-0.25, -0.2) is 9.36 Å². The molecule has 2 heterocycles. The highest BCUT2D eigenvalue weighted by Gasteiger charge is 2.18. The molecule has 4 nitrogen and oxygen atoms in total. The molecule has 0 spiro atoms. The Labute approximate surface area is 142 Å². The maximum Gasteiger partial charge on any atom is 0.0670 e. The van der Waals surface area contributed by atoms with E-state index in [1.54, 1.807) is 0 Å². The molecule has 2 aromatic heterocycles. The average molecular weight is 318 g/mol. The standard InChI is InChI=1S/C20H22N4/c1-3-10-19-15(6-1)13-21-23(19)17-8-5-9-18(12-17)24-20-11-4-2-7-16(20)14-22-24/h5,8-9,12-14H,1-4,6-7,10-11H2. The Morgan fingerprint density at radius 1 is 0.667 bits per heavy atom. The molecule has 0 N–H and O–H groups in total. The van der Waals surface area contributed by atoms with Crippen molar-refractivity contribution in [3.63, 3.8) is 0 Å². The van der Waals surface area contributed by atoms with Crippen LogP contribution in [-0.4, -0.2) is 19.6 Å². The van der Waals surface area contributed by atoms with Crippen LogP contribution >= 0.6 is 0 Å². The molecule has 122 valence electrons. The quantitative estimate of drug-likeness (QED) is 0.720. The van der Waals surface area contributed by atoms with Crippen molar-refractivity contribution < 1.29 is 0 Å². The van der Waals surface area contributed by atoms with Crippen molar-refractivity contribution in [2.45, 2.75) is 51.4 Å². The van der Waals surface area contributed by atoms with Crippen LogP contribution in [0.5, 0.6) is 0 Å². The van der Waals surface area contributed by atoms with Gasteiger partial charge >= 0.3 is 0 Å². The molecule has 24 heavy (non-hydrogen) atoms. The number of rotatable bonds is 2. The summed E-state index contributed by atoms with van der Waals surface area (Å²) in [6.07, 6.45) is 13.8. The SMILES string of the molecule is c1cc(-n2ncc3c2CCCC3)cc(-n2ncc3c2CCCC3)c1. The fourth-order valence-electron chi connectivity index (χ4n) is 4.18. The summed E-state index contributed by atoms with van der Waals surface area (Å²) in [6, 6.07) is 8.66. The van der Waals surface area contributed by atoms with Gasteiger partial charge in [0.15, 0.2) is 0 Å². The first-order valence-corrected chi connectivity index (χ1v) is 9.12. The summed E-state index contributed by atoms with van der Waals surface area (Å²) in [6.45, 7) is 0. The minimum atomic E-state index is 1.14. The Kier molecular flexibility index (Phi) is 3.28. The highest BCUT2D eigenvalue weighted by Crippen LogP contribution is 2.26. The van der Waals surface area contributed by atoms with E-state index < -0.39 is 0 Å². The zero-order valence-corrected chi connectivity index (χ0v) is 13.9. The lowest BCUT2D eigenvalue weighted by Gasteiger charge is -2.16. The molecular formula is C20H22N4. The maximum absolute atomic E-state index is 4.66. The van der Waals surface area contributed by atoms with Crippen molar-refractivity contribution in [1.82, 2.24) is 19.6 Å². The van der Waals surface area contributed by atoms with Gasteiger partial charge in [0, 0.05) is 11.4 Å². The smallest absolute Gasteiger partial charge is 0.0670 e. The maximum atomic E-state index is 4.66. The first kappa shape index (κ1) is 14.0. The van der Waals surface area contributed by atoms with Crippen LogP contribution in [0.15, 0.2) is 36.7 Å². The number of benzene rings is 1. The molecule has 0 unspecified atom stereocenters. The van der Waals surface area contributed by atoms with E-state index in [4.69, 9.17) is 0 Å². The molecule has 0 fully saturated rings. The molecule has 5 rings (SSSR count). The highest BCUT2D eigenvalue weighted by atomic mass is 15.3. The van der Waals surface area contributed by atoms with Crippen LogP contribution in [0.2, 0.25) is 0 Å². The lowest BCUT2D eigenvalue weighted by atomic mass is 9.98. The summed E-state index contributed by atoms with van der Waals surface area (Å²) in [5.74, 6) is 0. The zero-order valence-electron chi connectivity index (χ0n) is 13.9. The summed E-state index contributed by atoms with van der Waals surface area (Å²) < 4.78 is 4.27. The molecule has 0 aliphatic heterocycles.